The Morgan fingerprint density at radius 2 is 1.56 bits per heavy atom. The first-order valence-corrected chi connectivity index (χ1v) is 20.7. The number of hydrogen-bond donors (Lipinski definition) is 4. The van der Waals surface area contributed by atoms with E-state index in [0.29, 0.717) is 57.8 Å². The van der Waals surface area contributed by atoms with E-state index in [0.717, 1.165) is 6.42 Å². The smallest absolute Gasteiger partial charge is 0.481 e. The molecule has 5 aliphatic heterocycles. The summed E-state index contributed by atoms with van der Waals surface area (Å²) in [6.07, 6.45) is 5.51. The Balaban J connectivity index is 0.00000650. The standard InChI is InChI=1S/C42H70O11.Na/c1-11-29(38(46)47)31-15-14-23(4)36(50-31)27(8)34(44)26(7)35(45)30(12-2)37-24(5)22-25(6)41(51-37)19-16-32(43)42(53-41)21-20-39(10,52-42)33-17-18-40(48,13-3)28(9)49-33;/h16,19,23-34,36-37,43-44,48H,11-15,17-18,20-22H2,1-10H3,(H,46,47);/q;+1/t23-,24-,25?,26-,27?,28?,29+,30-,31+,32?,33+,34+,36+,37-,39-,40+,41-,42-;/m0./s1. The number of aliphatic carboxylic acids is 1. The predicted molar refractivity (Wildman–Crippen MR) is 199 cm³/mol. The number of ether oxygens (including phenoxy) is 5. The minimum absolute atomic E-state index is 0. The quantitative estimate of drug-likeness (QED) is 0.170. The van der Waals surface area contributed by atoms with E-state index in [1.807, 2.05) is 41.5 Å². The average molecular weight is 774 g/mol. The van der Waals surface area contributed by atoms with Gasteiger partial charge in [-0.05, 0) is 95.6 Å². The number of carbonyl (C=O) groups excluding carboxylic acids is 1. The minimum Gasteiger partial charge on any atom is -0.481 e. The molecule has 54 heavy (non-hydrogen) atoms. The Kier molecular flexibility index (Phi) is 15.3. The molecule has 12 heteroatoms. The molecule has 0 aromatic carbocycles. The molecule has 4 N–H and O–H groups in total. The monoisotopic (exact) mass is 773 g/mol. The van der Waals surface area contributed by atoms with E-state index in [1.54, 1.807) is 19.1 Å². The summed E-state index contributed by atoms with van der Waals surface area (Å²) >= 11 is 0. The summed E-state index contributed by atoms with van der Waals surface area (Å²) in [7, 11) is 0. The van der Waals surface area contributed by atoms with Gasteiger partial charge in [0.2, 0.25) is 5.79 Å². The zero-order chi connectivity index (χ0) is 39.3. The van der Waals surface area contributed by atoms with Gasteiger partial charge in [0.05, 0.1) is 53.7 Å². The van der Waals surface area contributed by atoms with E-state index in [9.17, 15) is 30.0 Å². The number of ketones is 1. The molecule has 4 fully saturated rings. The van der Waals surface area contributed by atoms with Gasteiger partial charge in [-0.25, -0.2) is 0 Å². The zero-order valence-electron chi connectivity index (χ0n) is 35.0. The fourth-order valence-corrected chi connectivity index (χ4v) is 10.5. The molecule has 18 atom stereocenters. The number of carboxylic acid groups (broad SMARTS) is 1. The van der Waals surface area contributed by atoms with Crippen LogP contribution in [0.3, 0.4) is 0 Å². The maximum atomic E-state index is 14.4. The maximum absolute atomic E-state index is 14.4. The normalized spacial score (nSPS) is 45.3. The minimum atomic E-state index is -1.37. The van der Waals surface area contributed by atoms with Gasteiger partial charge in [-0.2, -0.15) is 0 Å². The first-order chi connectivity index (χ1) is 24.8. The van der Waals surface area contributed by atoms with E-state index >= 15 is 0 Å². The molecule has 5 rings (SSSR count). The van der Waals surface area contributed by atoms with Gasteiger partial charge in [-0.15, -0.1) is 0 Å². The van der Waals surface area contributed by atoms with Crippen molar-refractivity contribution in [2.45, 2.75) is 199 Å². The number of rotatable bonds is 12. The topological polar surface area (TPSA) is 161 Å². The fraction of sp³-hybridized carbons (Fsp3) is 0.905. The summed E-state index contributed by atoms with van der Waals surface area (Å²) in [4.78, 5) is 26.4. The number of Topliss-reactive ketones (excluding diaryl/α,β-unsaturated/α-hetero) is 1. The van der Waals surface area contributed by atoms with Crippen molar-refractivity contribution in [2.24, 2.45) is 41.4 Å². The molecule has 0 aliphatic carbocycles. The van der Waals surface area contributed by atoms with Crippen LogP contribution in [0, 0.1) is 41.4 Å². The first-order valence-electron chi connectivity index (χ1n) is 20.7. The van der Waals surface area contributed by atoms with Gasteiger partial charge < -0.3 is 44.1 Å². The molecule has 0 radical (unpaired) electrons. The Hall–Kier alpha value is -0.440. The van der Waals surface area contributed by atoms with E-state index in [1.165, 1.54) is 0 Å². The van der Waals surface area contributed by atoms with Crippen molar-refractivity contribution in [1.82, 2.24) is 0 Å². The summed E-state index contributed by atoms with van der Waals surface area (Å²) in [5.74, 6) is -5.78. The summed E-state index contributed by atoms with van der Waals surface area (Å²) in [6, 6.07) is 0. The molecule has 0 bridgehead atoms. The van der Waals surface area contributed by atoms with Crippen molar-refractivity contribution in [3.63, 3.8) is 0 Å². The van der Waals surface area contributed by atoms with E-state index in [4.69, 9.17) is 23.7 Å². The van der Waals surface area contributed by atoms with E-state index in [2.05, 4.69) is 20.8 Å². The van der Waals surface area contributed by atoms with Crippen LogP contribution in [0.15, 0.2) is 12.2 Å². The molecule has 0 saturated carbocycles. The third-order valence-corrected chi connectivity index (χ3v) is 14.4. The van der Waals surface area contributed by atoms with E-state index < -0.39 is 76.8 Å². The zero-order valence-corrected chi connectivity index (χ0v) is 37.0. The van der Waals surface area contributed by atoms with Crippen LogP contribution in [-0.2, 0) is 33.3 Å². The van der Waals surface area contributed by atoms with Gasteiger partial charge in [0, 0.05) is 30.1 Å². The molecule has 5 heterocycles. The van der Waals surface area contributed by atoms with Gasteiger partial charge in [-0.3, -0.25) is 9.59 Å². The predicted octanol–water partition coefficient (Wildman–Crippen LogP) is 3.19. The number of carboxylic acids is 1. The molecule has 5 aliphatic rings. The number of hydrogen-bond acceptors (Lipinski definition) is 10. The molecule has 304 valence electrons. The summed E-state index contributed by atoms with van der Waals surface area (Å²) in [5, 5.41) is 44.0. The number of carbonyl (C=O) groups is 2. The molecule has 0 aromatic heterocycles. The maximum Gasteiger partial charge on any atom is 1.00 e. The Morgan fingerprint density at radius 1 is 0.889 bits per heavy atom. The van der Waals surface area contributed by atoms with Crippen LogP contribution in [0.1, 0.15) is 133 Å². The molecular weight excluding hydrogens is 703 g/mol. The van der Waals surface area contributed by atoms with Gasteiger partial charge in [-0.1, -0.05) is 55.4 Å². The number of aliphatic hydroxyl groups is 3. The third-order valence-electron chi connectivity index (χ3n) is 14.4. The largest absolute Gasteiger partial charge is 1.00 e. The summed E-state index contributed by atoms with van der Waals surface area (Å²) < 4.78 is 33.5. The molecule has 4 unspecified atom stereocenters. The Bertz CT molecular complexity index is 1330. The second kappa shape index (κ2) is 17.8. The average Bonchev–Trinajstić information content (AvgIpc) is 3.47. The van der Waals surface area contributed by atoms with Crippen LogP contribution in [0.4, 0.5) is 0 Å². The summed E-state index contributed by atoms with van der Waals surface area (Å²) in [5.41, 5.74) is -1.63. The second-order valence-corrected chi connectivity index (χ2v) is 17.9. The summed E-state index contributed by atoms with van der Waals surface area (Å²) in [6.45, 7) is 19.6. The van der Waals surface area contributed by atoms with Gasteiger partial charge in [0.25, 0.3) is 0 Å². The van der Waals surface area contributed by atoms with Crippen LogP contribution in [0.5, 0.6) is 0 Å². The third kappa shape index (κ3) is 8.63. The van der Waals surface area contributed by atoms with Crippen LogP contribution in [-0.4, -0.2) is 97.7 Å². The van der Waals surface area contributed by atoms with Gasteiger partial charge in [0.1, 0.15) is 11.9 Å². The van der Waals surface area contributed by atoms with E-state index in [-0.39, 0.29) is 71.4 Å². The number of aliphatic hydroxyl groups excluding tert-OH is 2. The van der Waals surface area contributed by atoms with Crippen molar-refractivity contribution < 1.29 is 83.3 Å². The molecular formula is C42H70NaO11+. The van der Waals surface area contributed by atoms with Crippen molar-refractivity contribution in [3.05, 3.63) is 12.2 Å². The molecule has 11 nitrogen and oxygen atoms in total. The molecule has 2 spiro atoms. The van der Waals surface area contributed by atoms with Crippen LogP contribution in [0.25, 0.3) is 0 Å². The molecule has 4 saturated heterocycles. The van der Waals surface area contributed by atoms with Crippen LogP contribution in [0.2, 0.25) is 0 Å². The van der Waals surface area contributed by atoms with Crippen molar-refractivity contribution in [2.75, 3.05) is 0 Å². The van der Waals surface area contributed by atoms with Crippen molar-refractivity contribution in [3.8, 4) is 0 Å². The first kappa shape index (κ1) is 46.3. The SMILES string of the molecule is CC[C@@H](C(=O)[C@@H](C)[C@@H](O)C(C)[C@@H]1O[C@@H]([C@@H](CC)C(=O)O)CC[C@@H]1C)[C@H]1O[C@]2(C=CC(O)[C@]3(CC[C@@](C)([C@H]4CC[C@](O)(CC)C(C)O4)O3)O2)C(C)C[C@@H]1C.[Na+]. The second-order valence-electron chi connectivity index (χ2n) is 17.9. The Labute approximate surface area is 345 Å². The fourth-order valence-electron chi connectivity index (χ4n) is 10.5. The van der Waals surface area contributed by atoms with Crippen LogP contribution < -0.4 is 29.6 Å². The Morgan fingerprint density at radius 3 is 2.15 bits per heavy atom. The molecule has 0 aromatic rings. The van der Waals surface area contributed by atoms with Gasteiger partial charge >= 0.3 is 35.5 Å². The van der Waals surface area contributed by atoms with Gasteiger partial charge in [0.15, 0.2) is 5.79 Å². The van der Waals surface area contributed by atoms with Crippen molar-refractivity contribution in [1.29, 1.82) is 0 Å². The molecule has 0 amide bonds. The van der Waals surface area contributed by atoms with Crippen LogP contribution >= 0.6 is 0 Å². The van der Waals surface area contributed by atoms with Crippen molar-refractivity contribution >= 4 is 11.8 Å².